The number of aryl methyl sites for hydroxylation is 1. The SMILES string of the molecule is Cc1ccc(OCC(=O)NCC2CCCO2)c([N+](=O)[O-])c1. The van der Waals surface area contributed by atoms with Crippen LogP contribution in [-0.2, 0) is 9.53 Å². The maximum Gasteiger partial charge on any atom is 0.311 e. The number of hydrogen-bond acceptors (Lipinski definition) is 5. The molecule has 1 atom stereocenters. The van der Waals surface area contributed by atoms with Gasteiger partial charge in [-0.3, -0.25) is 14.9 Å². The van der Waals surface area contributed by atoms with Crippen LogP contribution in [0.5, 0.6) is 5.75 Å². The molecule has 2 rings (SSSR count). The third-order valence-corrected chi connectivity index (χ3v) is 3.22. The molecular weight excluding hydrogens is 276 g/mol. The molecule has 21 heavy (non-hydrogen) atoms. The second-order valence-electron chi connectivity index (χ2n) is 4.96. The average molecular weight is 294 g/mol. The van der Waals surface area contributed by atoms with Crippen molar-refractivity contribution in [2.45, 2.75) is 25.9 Å². The van der Waals surface area contributed by atoms with Crippen LogP contribution in [0.3, 0.4) is 0 Å². The van der Waals surface area contributed by atoms with Crippen LogP contribution in [0.15, 0.2) is 18.2 Å². The summed E-state index contributed by atoms with van der Waals surface area (Å²) in [6.07, 6.45) is 2.00. The highest BCUT2D eigenvalue weighted by molar-refractivity contribution is 5.77. The lowest BCUT2D eigenvalue weighted by molar-refractivity contribution is -0.385. The summed E-state index contributed by atoms with van der Waals surface area (Å²) in [5, 5.41) is 13.6. The summed E-state index contributed by atoms with van der Waals surface area (Å²) >= 11 is 0. The number of nitrogens with one attached hydrogen (secondary N) is 1. The summed E-state index contributed by atoms with van der Waals surface area (Å²) in [6.45, 7) is 2.67. The first kappa shape index (κ1) is 15.2. The minimum atomic E-state index is -0.521. The van der Waals surface area contributed by atoms with E-state index in [1.165, 1.54) is 12.1 Å². The smallest absolute Gasteiger partial charge is 0.311 e. The predicted molar refractivity (Wildman–Crippen MR) is 75.3 cm³/mol. The van der Waals surface area contributed by atoms with Gasteiger partial charge in [0, 0.05) is 19.2 Å². The monoisotopic (exact) mass is 294 g/mol. The Morgan fingerprint density at radius 1 is 1.57 bits per heavy atom. The zero-order chi connectivity index (χ0) is 15.2. The van der Waals surface area contributed by atoms with E-state index < -0.39 is 4.92 Å². The summed E-state index contributed by atoms with van der Waals surface area (Å²) in [7, 11) is 0. The summed E-state index contributed by atoms with van der Waals surface area (Å²) in [5.74, 6) is -0.224. The molecule has 1 unspecified atom stereocenters. The van der Waals surface area contributed by atoms with Crippen LogP contribution in [0.4, 0.5) is 5.69 Å². The Morgan fingerprint density at radius 2 is 2.38 bits per heavy atom. The normalized spacial score (nSPS) is 17.5. The van der Waals surface area contributed by atoms with Crippen LogP contribution >= 0.6 is 0 Å². The molecule has 0 spiro atoms. The maximum absolute atomic E-state index is 11.7. The standard InChI is InChI=1S/C14H18N2O5/c1-10-4-5-13(12(7-10)16(18)19)21-9-14(17)15-8-11-3-2-6-20-11/h4-5,7,11H,2-3,6,8-9H2,1H3,(H,15,17). The predicted octanol–water partition coefficient (Wildman–Crippen LogP) is 1.58. The third kappa shape index (κ3) is 4.42. The highest BCUT2D eigenvalue weighted by Gasteiger charge is 2.18. The van der Waals surface area contributed by atoms with E-state index in [-0.39, 0.29) is 30.1 Å². The fraction of sp³-hybridized carbons (Fsp3) is 0.500. The Hall–Kier alpha value is -2.15. The zero-order valence-corrected chi connectivity index (χ0v) is 11.8. The van der Waals surface area contributed by atoms with Gasteiger partial charge in [-0.1, -0.05) is 6.07 Å². The van der Waals surface area contributed by atoms with Gasteiger partial charge in [0.15, 0.2) is 12.4 Å². The number of carbonyl (C=O) groups excluding carboxylic acids is 1. The van der Waals surface area contributed by atoms with Crippen molar-refractivity contribution in [1.82, 2.24) is 5.32 Å². The van der Waals surface area contributed by atoms with Crippen molar-refractivity contribution >= 4 is 11.6 Å². The van der Waals surface area contributed by atoms with Gasteiger partial charge in [0.2, 0.25) is 0 Å². The van der Waals surface area contributed by atoms with Gasteiger partial charge in [-0.2, -0.15) is 0 Å². The molecule has 1 aliphatic heterocycles. The van der Waals surface area contributed by atoms with Crippen molar-refractivity contribution in [3.8, 4) is 5.75 Å². The lowest BCUT2D eigenvalue weighted by atomic mass is 10.2. The number of hydrogen-bond donors (Lipinski definition) is 1. The molecule has 0 radical (unpaired) electrons. The highest BCUT2D eigenvalue weighted by atomic mass is 16.6. The molecular formula is C14H18N2O5. The van der Waals surface area contributed by atoms with Gasteiger partial charge in [0.05, 0.1) is 11.0 Å². The van der Waals surface area contributed by atoms with Gasteiger partial charge in [-0.25, -0.2) is 0 Å². The first-order valence-electron chi connectivity index (χ1n) is 6.82. The van der Waals surface area contributed by atoms with Crippen LogP contribution in [0, 0.1) is 17.0 Å². The third-order valence-electron chi connectivity index (χ3n) is 3.22. The lowest BCUT2D eigenvalue weighted by Gasteiger charge is -2.11. The number of amides is 1. The second kappa shape index (κ2) is 7.03. The Kier molecular flexibility index (Phi) is 5.10. The Morgan fingerprint density at radius 3 is 3.05 bits per heavy atom. The molecule has 1 fully saturated rings. The summed E-state index contributed by atoms with van der Waals surface area (Å²) in [4.78, 5) is 22.1. The molecule has 1 heterocycles. The summed E-state index contributed by atoms with van der Waals surface area (Å²) < 4.78 is 10.6. The Bertz CT molecular complexity index is 526. The van der Waals surface area contributed by atoms with Crippen LogP contribution in [0.2, 0.25) is 0 Å². The maximum atomic E-state index is 11.7. The largest absolute Gasteiger partial charge is 0.477 e. The van der Waals surface area contributed by atoms with Gasteiger partial charge in [0.1, 0.15) is 0 Å². The molecule has 1 N–H and O–H groups in total. The molecule has 1 aromatic carbocycles. The zero-order valence-electron chi connectivity index (χ0n) is 11.8. The van der Waals surface area contributed by atoms with E-state index in [2.05, 4.69) is 5.32 Å². The van der Waals surface area contributed by atoms with E-state index in [9.17, 15) is 14.9 Å². The fourth-order valence-corrected chi connectivity index (χ4v) is 2.12. The van der Waals surface area contributed by atoms with E-state index in [1.807, 2.05) is 0 Å². The van der Waals surface area contributed by atoms with Crippen molar-refractivity contribution in [2.75, 3.05) is 19.8 Å². The number of benzene rings is 1. The van der Waals surface area contributed by atoms with Gasteiger partial charge in [-0.15, -0.1) is 0 Å². The van der Waals surface area contributed by atoms with E-state index in [1.54, 1.807) is 13.0 Å². The van der Waals surface area contributed by atoms with Crippen LogP contribution < -0.4 is 10.1 Å². The van der Waals surface area contributed by atoms with Crippen molar-refractivity contribution < 1.29 is 19.2 Å². The van der Waals surface area contributed by atoms with Crippen molar-refractivity contribution in [3.05, 3.63) is 33.9 Å². The Balaban J connectivity index is 1.84. The summed E-state index contributed by atoms with van der Waals surface area (Å²) in [6, 6.07) is 4.62. The van der Waals surface area contributed by atoms with Crippen molar-refractivity contribution in [2.24, 2.45) is 0 Å². The average Bonchev–Trinajstić information content (AvgIpc) is 2.97. The highest BCUT2D eigenvalue weighted by Crippen LogP contribution is 2.27. The van der Waals surface area contributed by atoms with Gasteiger partial charge in [0.25, 0.3) is 5.91 Å². The first-order valence-corrected chi connectivity index (χ1v) is 6.82. The van der Waals surface area contributed by atoms with Crippen molar-refractivity contribution in [3.63, 3.8) is 0 Å². The Labute approximate surface area is 122 Å². The van der Waals surface area contributed by atoms with Gasteiger partial charge in [-0.05, 0) is 31.4 Å². The molecule has 1 aliphatic rings. The fourth-order valence-electron chi connectivity index (χ4n) is 2.12. The van der Waals surface area contributed by atoms with Crippen LogP contribution in [0.25, 0.3) is 0 Å². The molecule has 0 saturated carbocycles. The van der Waals surface area contributed by atoms with E-state index in [0.29, 0.717) is 6.54 Å². The second-order valence-corrected chi connectivity index (χ2v) is 4.96. The topological polar surface area (TPSA) is 90.7 Å². The van der Waals surface area contributed by atoms with Gasteiger partial charge < -0.3 is 14.8 Å². The van der Waals surface area contributed by atoms with Crippen LogP contribution in [0.1, 0.15) is 18.4 Å². The first-order chi connectivity index (χ1) is 10.1. The molecule has 1 aromatic rings. The van der Waals surface area contributed by atoms with E-state index in [0.717, 1.165) is 25.0 Å². The summed E-state index contributed by atoms with van der Waals surface area (Å²) in [5.41, 5.74) is 0.624. The van der Waals surface area contributed by atoms with E-state index >= 15 is 0 Å². The van der Waals surface area contributed by atoms with Crippen LogP contribution in [-0.4, -0.2) is 36.7 Å². The van der Waals surface area contributed by atoms with Crippen molar-refractivity contribution in [1.29, 1.82) is 0 Å². The number of nitro groups is 1. The molecule has 1 saturated heterocycles. The minimum absolute atomic E-state index is 0.0580. The number of nitrogens with zero attached hydrogens (tertiary/aromatic N) is 1. The lowest BCUT2D eigenvalue weighted by Crippen LogP contribution is -2.35. The van der Waals surface area contributed by atoms with Gasteiger partial charge >= 0.3 is 5.69 Å². The quantitative estimate of drug-likeness (QED) is 0.635. The molecule has 1 amide bonds. The number of nitro benzene ring substituents is 1. The number of rotatable bonds is 6. The minimum Gasteiger partial charge on any atom is -0.477 e. The molecule has 114 valence electrons. The number of carbonyl (C=O) groups is 1. The molecule has 7 nitrogen and oxygen atoms in total. The molecule has 7 heteroatoms. The molecule has 0 aromatic heterocycles. The number of ether oxygens (including phenoxy) is 2. The molecule has 0 bridgehead atoms. The molecule has 0 aliphatic carbocycles. The van der Waals surface area contributed by atoms with E-state index in [4.69, 9.17) is 9.47 Å².